The van der Waals surface area contributed by atoms with Gasteiger partial charge in [-0.15, -0.1) is 0 Å². The maximum Gasteiger partial charge on any atom is 0.265 e. The number of primary amides is 1. The van der Waals surface area contributed by atoms with Crippen molar-refractivity contribution in [2.24, 2.45) is 22.1 Å². The summed E-state index contributed by atoms with van der Waals surface area (Å²) in [5.41, 5.74) is 7.22. The number of rotatable bonds is 5. The van der Waals surface area contributed by atoms with Crippen LogP contribution in [0.5, 0.6) is 0 Å². The molecule has 5 nitrogen and oxygen atoms in total. The zero-order valence-electron chi connectivity index (χ0n) is 14.1. The van der Waals surface area contributed by atoms with Gasteiger partial charge in [0.05, 0.1) is 5.41 Å². The van der Waals surface area contributed by atoms with Crippen LogP contribution in [0.25, 0.3) is 0 Å². The molecule has 0 saturated heterocycles. The van der Waals surface area contributed by atoms with Crippen molar-refractivity contribution in [1.82, 2.24) is 5.32 Å². The minimum absolute atomic E-state index is 0.0105. The number of nitrogens with two attached hydrogens (primary N) is 1. The van der Waals surface area contributed by atoms with E-state index >= 15 is 0 Å². The number of benzene rings is 1. The molecule has 0 bridgehead atoms. The monoisotopic (exact) mass is 325 g/mol. The van der Waals surface area contributed by atoms with E-state index in [0.717, 1.165) is 24.1 Å². The van der Waals surface area contributed by atoms with Crippen molar-refractivity contribution < 1.29 is 9.59 Å². The second-order valence-corrected chi connectivity index (χ2v) is 6.69. The van der Waals surface area contributed by atoms with Gasteiger partial charge in [-0.3, -0.25) is 14.6 Å². The van der Waals surface area contributed by atoms with Crippen LogP contribution >= 0.6 is 0 Å². The molecule has 3 rings (SSSR count). The van der Waals surface area contributed by atoms with Crippen molar-refractivity contribution in [3.63, 3.8) is 0 Å². The second-order valence-electron chi connectivity index (χ2n) is 6.69. The molecule has 0 spiro atoms. The van der Waals surface area contributed by atoms with Crippen LogP contribution in [0.3, 0.4) is 0 Å². The summed E-state index contributed by atoms with van der Waals surface area (Å²) in [6.45, 7) is 2.04. The lowest BCUT2D eigenvalue weighted by Gasteiger charge is -2.33. The van der Waals surface area contributed by atoms with E-state index in [1.54, 1.807) is 7.05 Å². The molecule has 2 aliphatic rings. The van der Waals surface area contributed by atoms with Crippen molar-refractivity contribution in [1.29, 1.82) is 0 Å². The molecule has 1 heterocycles. The molecular formula is C19H23N3O2. The molecule has 2 unspecified atom stereocenters. The molecule has 3 N–H and O–H groups in total. The van der Waals surface area contributed by atoms with Crippen LogP contribution < -0.4 is 11.1 Å². The van der Waals surface area contributed by atoms with E-state index in [-0.39, 0.29) is 30.1 Å². The maximum absolute atomic E-state index is 12.3. The number of nitrogens with one attached hydrogen (secondary N) is 1. The first kappa shape index (κ1) is 16.4. The topological polar surface area (TPSA) is 84.6 Å². The Bertz CT molecular complexity index is 719. The predicted molar refractivity (Wildman–Crippen MR) is 93.4 cm³/mol. The Morgan fingerprint density at radius 2 is 1.96 bits per heavy atom. The van der Waals surface area contributed by atoms with Crippen molar-refractivity contribution in [2.45, 2.75) is 32.1 Å². The molecule has 1 aromatic carbocycles. The van der Waals surface area contributed by atoms with Gasteiger partial charge in [0, 0.05) is 25.1 Å². The first-order valence-electron chi connectivity index (χ1n) is 8.35. The van der Waals surface area contributed by atoms with E-state index in [1.807, 2.05) is 43.3 Å². The van der Waals surface area contributed by atoms with Gasteiger partial charge in [-0.1, -0.05) is 37.3 Å². The fourth-order valence-corrected chi connectivity index (χ4v) is 3.45. The van der Waals surface area contributed by atoms with Gasteiger partial charge in [0.15, 0.2) is 0 Å². The van der Waals surface area contributed by atoms with Gasteiger partial charge in [0.2, 0.25) is 5.91 Å². The summed E-state index contributed by atoms with van der Waals surface area (Å²) in [5, 5.41) is 2.62. The molecule has 1 fully saturated rings. The minimum Gasteiger partial charge on any atom is -0.369 e. The summed E-state index contributed by atoms with van der Waals surface area (Å²) in [4.78, 5) is 29.1. The largest absolute Gasteiger partial charge is 0.369 e. The highest BCUT2D eigenvalue weighted by molar-refractivity contribution is 6.39. The first-order valence-corrected chi connectivity index (χ1v) is 8.35. The predicted octanol–water partition coefficient (Wildman–Crippen LogP) is 2.15. The summed E-state index contributed by atoms with van der Waals surface area (Å²) in [7, 11) is 1.58. The highest BCUT2D eigenvalue weighted by Crippen LogP contribution is 2.51. The van der Waals surface area contributed by atoms with Gasteiger partial charge in [0.25, 0.3) is 5.91 Å². The lowest BCUT2D eigenvalue weighted by atomic mass is 9.73. The van der Waals surface area contributed by atoms with Crippen molar-refractivity contribution in [3.8, 4) is 0 Å². The SMILES string of the molecule is CNC(=O)C1=NC(C(C)c2ccccc2)=CC(C(N)=O)(C2CC2)C1. The van der Waals surface area contributed by atoms with Crippen LogP contribution in [0.15, 0.2) is 47.1 Å². The van der Waals surface area contributed by atoms with E-state index in [4.69, 9.17) is 5.73 Å². The van der Waals surface area contributed by atoms with Crippen LogP contribution in [-0.4, -0.2) is 24.6 Å². The summed E-state index contributed by atoms with van der Waals surface area (Å²) in [6.07, 6.45) is 4.15. The number of carbonyl (C=O) groups is 2. The van der Waals surface area contributed by atoms with Gasteiger partial charge in [0.1, 0.15) is 5.71 Å². The van der Waals surface area contributed by atoms with E-state index in [2.05, 4.69) is 10.3 Å². The molecule has 1 aliphatic carbocycles. The number of carbonyl (C=O) groups excluding carboxylic acids is 2. The Morgan fingerprint density at radius 1 is 1.29 bits per heavy atom. The molecule has 2 amide bonds. The third-order valence-corrected chi connectivity index (χ3v) is 5.13. The third kappa shape index (κ3) is 2.86. The Balaban J connectivity index is 2.06. The number of allylic oxidation sites excluding steroid dienone is 1. The summed E-state index contributed by atoms with van der Waals surface area (Å²) < 4.78 is 0. The number of hydrogen-bond acceptors (Lipinski definition) is 3. The van der Waals surface area contributed by atoms with Crippen LogP contribution in [0, 0.1) is 11.3 Å². The lowest BCUT2D eigenvalue weighted by molar-refractivity contribution is -0.126. The number of hydrogen-bond donors (Lipinski definition) is 2. The maximum atomic E-state index is 12.3. The highest BCUT2D eigenvalue weighted by Gasteiger charge is 2.51. The molecule has 0 radical (unpaired) electrons. The van der Waals surface area contributed by atoms with E-state index in [1.165, 1.54) is 0 Å². The molecule has 0 aromatic heterocycles. The van der Waals surface area contributed by atoms with Crippen LogP contribution in [-0.2, 0) is 9.59 Å². The van der Waals surface area contributed by atoms with Crippen LogP contribution in [0.2, 0.25) is 0 Å². The Kier molecular flexibility index (Phi) is 4.26. The smallest absolute Gasteiger partial charge is 0.265 e. The Morgan fingerprint density at radius 3 is 2.50 bits per heavy atom. The summed E-state index contributed by atoms with van der Waals surface area (Å²) in [5.74, 6) is -0.405. The van der Waals surface area contributed by atoms with Crippen LogP contribution in [0.1, 0.15) is 37.7 Å². The molecule has 5 heteroatoms. The van der Waals surface area contributed by atoms with E-state index in [0.29, 0.717) is 5.71 Å². The van der Waals surface area contributed by atoms with Gasteiger partial charge in [-0.25, -0.2) is 0 Å². The Hall–Kier alpha value is -2.43. The second kappa shape index (κ2) is 6.23. The molecule has 1 saturated carbocycles. The van der Waals surface area contributed by atoms with Gasteiger partial charge in [-0.05, 0) is 30.4 Å². The highest BCUT2D eigenvalue weighted by atomic mass is 16.2. The first-order chi connectivity index (χ1) is 11.5. The van der Waals surface area contributed by atoms with Gasteiger partial charge < -0.3 is 11.1 Å². The fraction of sp³-hybridized carbons (Fsp3) is 0.421. The van der Waals surface area contributed by atoms with E-state index < -0.39 is 5.41 Å². The third-order valence-electron chi connectivity index (χ3n) is 5.13. The van der Waals surface area contributed by atoms with Crippen LogP contribution in [0.4, 0.5) is 0 Å². The summed E-state index contributed by atoms with van der Waals surface area (Å²) >= 11 is 0. The molecule has 126 valence electrons. The average molecular weight is 325 g/mol. The Labute approximate surface area is 142 Å². The lowest BCUT2D eigenvalue weighted by Crippen LogP contribution is -2.44. The number of aliphatic imine (C=N–C) groups is 1. The number of amides is 2. The zero-order chi connectivity index (χ0) is 17.3. The van der Waals surface area contributed by atoms with Crippen molar-refractivity contribution >= 4 is 17.5 Å². The molecular weight excluding hydrogens is 302 g/mol. The van der Waals surface area contributed by atoms with Gasteiger partial charge in [-0.2, -0.15) is 0 Å². The average Bonchev–Trinajstić information content (AvgIpc) is 3.46. The van der Waals surface area contributed by atoms with Crippen molar-refractivity contribution in [2.75, 3.05) is 7.05 Å². The normalized spacial score (nSPS) is 24.6. The van der Waals surface area contributed by atoms with Gasteiger partial charge >= 0.3 is 0 Å². The molecule has 24 heavy (non-hydrogen) atoms. The molecule has 2 atom stereocenters. The number of nitrogens with zero attached hydrogens (tertiary/aromatic N) is 1. The minimum atomic E-state index is -0.790. The fourth-order valence-electron chi connectivity index (χ4n) is 3.45. The van der Waals surface area contributed by atoms with E-state index in [9.17, 15) is 9.59 Å². The molecule has 1 aliphatic heterocycles. The standard InChI is InChI=1S/C19H23N3O2/c1-12(13-6-4-3-5-7-13)15-10-19(18(20)24,14-8-9-14)11-16(22-15)17(23)21-2/h3-7,10,12,14H,8-9,11H2,1-2H3,(H2,20,24)(H,21,23). The van der Waals surface area contributed by atoms with Crippen molar-refractivity contribution in [3.05, 3.63) is 47.7 Å². The quantitative estimate of drug-likeness (QED) is 0.869. The summed E-state index contributed by atoms with van der Waals surface area (Å²) in [6, 6.07) is 9.96. The molecule has 1 aromatic rings. The zero-order valence-corrected chi connectivity index (χ0v) is 14.1.